The van der Waals surface area contributed by atoms with Crippen LogP contribution in [-0.4, -0.2) is 23.2 Å². The average Bonchev–Trinajstić information content (AvgIpc) is 3.06. The standard InChI is InChI=1S/C21H22ClNO3S/c1-20(2,26-16-10-8-15(22)9-11-16)19(24)23-13-21(3,25)18-12-14-6-4-5-7-17(14)27-18/h4-12,25H,13H2,1-3H3,(H,23,24)/t21-/m1/s1. The number of nitrogens with one attached hydrogen (secondary N) is 1. The largest absolute Gasteiger partial charge is 0.478 e. The fourth-order valence-electron chi connectivity index (χ4n) is 2.64. The second-order valence-corrected chi connectivity index (χ2v) is 8.69. The third kappa shape index (κ3) is 4.61. The number of hydrogen-bond donors (Lipinski definition) is 2. The van der Waals surface area contributed by atoms with E-state index >= 15 is 0 Å². The number of benzene rings is 2. The van der Waals surface area contributed by atoms with Gasteiger partial charge in [0.2, 0.25) is 0 Å². The molecule has 0 aliphatic rings. The molecule has 142 valence electrons. The van der Waals surface area contributed by atoms with E-state index in [4.69, 9.17) is 16.3 Å². The first kappa shape index (κ1) is 19.7. The van der Waals surface area contributed by atoms with E-state index in [1.807, 2.05) is 30.3 Å². The van der Waals surface area contributed by atoms with Gasteiger partial charge in [-0.2, -0.15) is 0 Å². The number of halogens is 1. The van der Waals surface area contributed by atoms with Gasteiger partial charge in [-0.05, 0) is 62.6 Å². The summed E-state index contributed by atoms with van der Waals surface area (Å²) in [7, 11) is 0. The molecule has 1 amide bonds. The van der Waals surface area contributed by atoms with E-state index in [1.54, 1.807) is 45.0 Å². The number of carbonyl (C=O) groups excluding carboxylic acids is 1. The van der Waals surface area contributed by atoms with Crippen molar-refractivity contribution in [1.29, 1.82) is 0 Å². The summed E-state index contributed by atoms with van der Waals surface area (Å²) in [6, 6.07) is 16.8. The van der Waals surface area contributed by atoms with Crippen molar-refractivity contribution in [3.8, 4) is 5.75 Å². The Bertz CT molecular complexity index is 914. The van der Waals surface area contributed by atoms with Gasteiger partial charge >= 0.3 is 0 Å². The van der Waals surface area contributed by atoms with Crippen molar-refractivity contribution >= 4 is 38.9 Å². The molecule has 0 aliphatic heterocycles. The summed E-state index contributed by atoms with van der Waals surface area (Å²) in [5, 5.41) is 15.3. The third-order valence-electron chi connectivity index (χ3n) is 4.28. The molecule has 0 saturated heterocycles. The zero-order valence-electron chi connectivity index (χ0n) is 15.5. The molecule has 3 aromatic rings. The van der Waals surface area contributed by atoms with Crippen molar-refractivity contribution in [2.24, 2.45) is 0 Å². The number of thiophene rings is 1. The molecule has 0 saturated carbocycles. The second kappa shape index (κ2) is 7.50. The molecule has 0 aliphatic carbocycles. The van der Waals surface area contributed by atoms with E-state index < -0.39 is 11.2 Å². The van der Waals surface area contributed by atoms with Gasteiger partial charge in [0.15, 0.2) is 5.60 Å². The van der Waals surface area contributed by atoms with Gasteiger partial charge in [0.1, 0.15) is 11.4 Å². The third-order valence-corrected chi connectivity index (χ3v) is 5.90. The number of rotatable bonds is 6. The zero-order valence-corrected chi connectivity index (χ0v) is 17.0. The fourth-order valence-corrected chi connectivity index (χ4v) is 3.88. The molecule has 0 unspecified atom stereocenters. The summed E-state index contributed by atoms with van der Waals surface area (Å²) in [6.45, 7) is 5.16. The lowest BCUT2D eigenvalue weighted by molar-refractivity contribution is -0.135. The summed E-state index contributed by atoms with van der Waals surface area (Å²) < 4.78 is 6.89. The molecule has 2 aromatic carbocycles. The Hall–Kier alpha value is -2.08. The predicted molar refractivity (Wildman–Crippen MR) is 111 cm³/mol. The molecule has 3 rings (SSSR count). The Kier molecular flexibility index (Phi) is 5.47. The van der Waals surface area contributed by atoms with Gasteiger partial charge in [-0.15, -0.1) is 11.3 Å². The minimum Gasteiger partial charge on any atom is -0.478 e. The summed E-state index contributed by atoms with van der Waals surface area (Å²) >= 11 is 7.39. The number of carbonyl (C=O) groups is 1. The molecule has 1 heterocycles. The summed E-state index contributed by atoms with van der Waals surface area (Å²) in [5.74, 6) is 0.245. The fraction of sp³-hybridized carbons (Fsp3) is 0.286. The predicted octanol–water partition coefficient (Wildman–Crippen LogP) is 4.74. The lowest BCUT2D eigenvalue weighted by Crippen LogP contribution is -2.50. The van der Waals surface area contributed by atoms with Crippen LogP contribution in [0.2, 0.25) is 5.02 Å². The molecule has 1 aromatic heterocycles. The topological polar surface area (TPSA) is 58.6 Å². The first-order valence-electron chi connectivity index (χ1n) is 8.62. The van der Waals surface area contributed by atoms with Crippen LogP contribution in [0.4, 0.5) is 0 Å². The monoisotopic (exact) mass is 403 g/mol. The minimum atomic E-state index is -1.17. The van der Waals surface area contributed by atoms with Crippen LogP contribution in [0.5, 0.6) is 5.75 Å². The number of aliphatic hydroxyl groups is 1. The van der Waals surface area contributed by atoms with E-state index in [1.165, 1.54) is 11.3 Å². The molecular weight excluding hydrogens is 382 g/mol. The van der Waals surface area contributed by atoms with Gasteiger partial charge in [-0.25, -0.2) is 0 Å². The Morgan fingerprint density at radius 1 is 1.15 bits per heavy atom. The molecular formula is C21H22ClNO3S. The maximum absolute atomic E-state index is 12.6. The Labute approximate surface area is 167 Å². The minimum absolute atomic E-state index is 0.0893. The van der Waals surface area contributed by atoms with Crippen molar-refractivity contribution in [2.75, 3.05) is 6.54 Å². The maximum atomic E-state index is 12.6. The average molecular weight is 404 g/mol. The van der Waals surface area contributed by atoms with Crippen LogP contribution in [0.25, 0.3) is 10.1 Å². The first-order valence-corrected chi connectivity index (χ1v) is 9.81. The van der Waals surface area contributed by atoms with E-state index in [9.17, 15) is 9.90 Å². The van der Waals surface area contributed by atoms with Gasteiger partial charge in [0.05, 0.1) is 6.54 Å². The van der Waals surface area contributed by atoms with Crippen molar-refractivity contribution in [3.05, 3.63) is 64.5 Å². The highest BCUT2D eigenvalue weighted by molar-refractivity contribution is 7.19. The molecule has 0 spiro atoms. The molecule has 0 bridgehead atoms. The van der Waals surface area contributed by atoms with Crippen LogP contribution >= 0.6 is 22.9 Å². The van der Waals surface area contributed by atoms with Crippen LogP contribution in [0.1, 0.15) is 25.6 Å². The van der Waals surface area contributed by atoms with Crippen molar-refractivity contribution in [3.63, 3.8) is 0 Å². The summed E-state index contributed by atoms with van der Waals surface area (Å²) in [5.41, 5.74) is -2.26. The number of ether oxygens (including phenoxy) is 1. The molecule has 4 nitrogen and oxygen atoms in total. The van der Waals surface area contributed by atoms with Crippen LogP contribution in [-0.2, 0) is 10.4 Å². The van der Waals surface area contributed by atoms with Gasteiger partial charge in [0, 0.05) is 14.6 Å². The molecule has 0 fully saturated rings. The normalized spacial score (nSPS) is 14.0. The van der Waals surface area contributed by atoms with E-state index in [2.05, 4.69) is 5.32 Å². The van der Waals surface area contributed by atoms with Gasteiger partial charge in [-0.1, -0.05) is 29.8 Å². The molecule has 6 heteroatoms. The molecule has 0 radical (unpaired) electrons. The Balaban J connectivity index is 1.66. The van der Waals surface area contributed by atoms with Crippen LogP contribution < -0.4 is 10.1 Å². The Morgan fingerprint density at radius 2 is 1.81 bits per heavy atom. The molecule has 2 N–H and O–H groups in total. The van der Waals surface area contributed by atoms with Crippen LogP contribution in [0.15, 0.2) is 54.6 Å². The van der Waals surface area contributed by atoms with Crippen LogP contribution in [0, 0.1) is 0 Å². The van der Waals surface area contributed by atoms with Crippen molar-refractivity contribution in [1.82, 2.24) is 5.32 Å². The van der Waals surface area contributed by atoms with Crippen LogP contribution in [0.3, 0.4) is 0 Å². The van der Waals surface area contributed by atoms with E-state index in [0.717, 1.165) is 15.0 Å². The van der Waals surface area contributed by atoms with Crippen molar-refractivity contribution in [2.45, 2.75) is 32.0 Å². The van der Waals surface area contributed by atoms with Gasteiger partial charge < -0.3 is 15.2 Å². The smallest absolute Gasteiger partial charge is 0.263 e. The second-order valence-electron chi connectivity index (χ2n) is 7.17. The highest BCUT2D eigenvalue weighted by Gasteiger charge is 2.33. The lowest BCUT2D eigenvalue weighted by Gasteiger charge is -2.28. The highest BCUT2D eigenvalue weighted by atomic mass is 35.5. The maximum Gasteiger partial charge on any atom is 0.263 e. The lowest BCUT2D eigenvalue weighted by atomic mass is 10.0. The first-order chi connectivity index (χ1) is 12.7. The Morgan fingerprint density at radius 3 is 2.48 bits per heavy atom. The summed E-state index contributed by atoms with van der Waals surface area (Å²) in [4.78, 5) is 13.4. The van der Waals surface area contributed by atoms with Gasteiger partial charge in [0.25, 0.3) is 5.91 Å². The quantitative estimate of drug-likeness (QED) is 0.625. The van der Waals surface area contributed by atoms with Gasteiger partial charge in [-0.3, -0.25) is 4.79 Å². The zero-order chi connectivity index (χ0) is 19.7. The van der Waals surface area contributed by atoms with E-state index in [0.29, 0.717) is 10.8 Å². The molecule has 1 atom stereocenters. The van der Waals surface area contributed by atoms with E-state index in [-0.39, 0.29) is 12.5 Å². The van der Waals surface area contributed by atoms with Crippen molar-refractivity contribution < 1.29 is 14.6 Å². The summed E-state index contributed by atoms with van der Waals surface area (Å²) in [6.07, 6.45) is 0. The number of amides is 1. The number of fused-ring (bicyclic) bond motifs is 1. The molecule has 27 heavy (non-hydrogen) atoms. The highest BCUT2D eigenvalue weighted by Crippen LogP contribution is 2.33. The SMILES string of the molecule is CC(C)(Oc1ccc(Cl)cc1)C(=O)NC[C@@](C)(O)c1cc2ccccc2s1. The number of hydrogen-bond acceptors (Lipinski definition) is 4.